The fourth-order valence-corrected chi connectivity index (χ4v) is 2.22. The second kappa shape index (κ2) is 6.43. The van der Waals surface area contributed by atoms with E-state index < -0.39 is 0 Å². The normalized spacial score (nSPS) is 10.9. The van der Waals surface area contributed by atoms with Gasteiger partial charge in [-0.05, 0) is 48.7 Å². The van der Waals surface area contributed by atoms with Crippen molar-refractivity contribution in [1.82, 2.24) is 0 Å². The Morgan fingerprint density at radius 3 is 2.18 bits per heavy atom. The van der Waals surface area contributed by atoms with E-state index in [0.717, 1.165) is 22.4 Å². The summed E-state index contributed by atoms with van der Waals surface area (Å²) in [5.74, 6) is 0.595. The third kappa shape index (κ3) is 3.01. The number of rotatable bonds is 4. The molecule has 0 atom stereocenters. The predicted molar refractivity (Wildman–Crippen MR) is 87.7 cm³/mol. The zero-order valence-corrected chi connectivity index (χ0v) is 13.2. The molecular formula is C18H20O4. The van der Waals surface area contributed by atoms with Crippen molar-refractivity contribution in [2.45, 2.75) is 13.8 Å². The molecule has 0 aliphatic carbocycles. The van der Waals surface area contributed by atoms with Crippen LogP contribution < -0.4 is 9.47 Å². The fraction of sp³-hybridized carbons (Fsp3) is 0.222. The van der Waals surface area contributed by atoms with Gasteiger partial charge in [0.25, 0.3) is 0 Å². The second-order valence-corrected chi connectivity index (χ2v) is 5.05. The van der Waals surface area contributed by atoms with E-state index in [1.165, 1.54) is 7.11 Å². The molecule has 0 heterocycles. The van der Waals surface area contributed by atoms with Crippen LogP contribution in [0.3, 0.4) is 0 Å². The number of aryl methyl sites for hydroxylation is 1. The monoisotopic (exact) mass is 300 g/mol. The van der Waals surface area contributed by atoms with Gasteiger partial charge in [0.2, 0.25) is 5.75 Å². The van der Waals surface area contributed by atoms with Gasteiger partial charge >= 0.3 is 0 Å². The molecule has 0 fully saturated rings. The van der Waals surface area contributed by atoms with Crippen molar-refractivity contribution in [3.8, 4) is 23.0 Å². The Labute approximate surface area is 130 Å². The summed E-state index contributed by atoms with van der Waals surface area (Å²) >= 11 is 0. The highest BCUT2D eigenvalue weighted by atomic mass is 16.5. The second-order valence-electron chi connectivity index (χ2n) is 5.05. The Morgan fingerprint density at radius 1 is 0.864 bits per heavy atom. The summed E-state index contributed by atoms with van der Waals surface area (Å²) in [4.78, 5) is 0. The lowest BCUT2D eigenvalue weighted by Crippen LogP contribution is -1.91. The summed E-state index contributed by atoms with van der Waals surface area (Å²) < 4.78 is 10.3. The van der Waals surface area contributed by atoms with Crippen LogP contribution in [0.2, 0.25) is 0 Å². The molecule has 0 radical (unpaired) electrons. The van der Waals surface area contributed by atoms with Crippen LogP contribution in [0.15, 0.2) is 24.3 Å². The highest BCUT2D eigenvalue weighted by Crippen LogP contribution is 2.38. The molecule has 0 aromatic heterocycles. The molecule has 0 unspecified atom stereocenters. The van der Waals surface area contributed by atoms with Gasteiger partial charge in [-0.25, -0.2) is 0 Å². The Hall–Kier alpha value is -2.62. The summed E-state index contributed by atoms with van der Waals surface area (Å²) in [5, 5.41) is 19.8. The lowest BCUT2D eigenvalue weighted by Gasteiger charge is -2.09. The van der Waals surface area contributed by atoms with E-state index in [1.54, 1.807) is 25.3 Å². The number of aromatic hydroxyl groups is 2. The zero-order chi connectivity index (χ0) is 16.3. The number of ether oxygens (including phenoxy) is 2. The van der Waals surface area contributed by atoms with Crippen molar-refractivity contribution in [2.75, 3.05) is 14.2 Å². The number of hydrogen-bond donors (Lipinski definition) is 2. The van der Waals surface area contributed by atoms with Crippen LogP contribution in [-0.2, 0) is 0 Å². The molecule has 2 N–H and O–H groups in total. The van der Waals surface area contributed by atoms with Gasteiger partial charge in [-0.15, -0.1) is 0 Å². The number of methoxy groups -OCH3 is 2. The van der Waals surface area contributed by atoms with Crippen LogP contribution in [0, 0.1) is 13.8 Å². The Balaban J connectivity index is 2.37. The van der Waals surface area contributed by atoms with Gasteiger partial charge in [-0.1, -0.05) is 18.2 Å². The minimum absolute atomic E-state index is 0.202. The molecule has 0 saturated carbocycles. The molecule has 0 saturated heterocycles. The maximum atomic E-state index is 9.98. The van der Waals surface area contributed by atoms with E-state index in [4.69, 9.17) is 9.47 Å². The molecule has 2 rings (SSSR count). The average Bonchev–Trinajstić information content (AvgIpc) is 2.52. The van der Waals surface area contributed by atoms with E-state index in [1.807, 2.05) is 32.1 Å². The van der Waals surface area contributed by atoms with Crippen LogP contribution >= 0.6 is 0 Å². The molecule has 0 spiro atoms. The van der Waals surface area contributed by atoms with Crippen LogP contribution in [0.5, 0.6) is 23.0 Å². The van der Waals surface area contributed by atoms with Crippen LogP contribution in [0.25, 0.3) is 12.2 Å². The summed E-state index contributed by atoms with van der Waals surface area (Å²) in [7, 11) is 3.08. The Morgan fingerprint density at radius 2 is 1.55 bits per heavy atom. The zero-order valence-electron chi connectivity index (χ0n) is 13.2. The van der Waals surface area contributed by atoms with Crippen molar-refractivity contribution in [3.05, 3.63) is 46.5 Å². The smallest absolute Gasteiger partial charge is 0.201 e. The molecule has 0 aliphatic rings. The summed E-state index contributed by atoms with van der Waals surface area (Å²) in [6.45, 7) is 4.03. The molecule has 4 nitrogen and oxygen atoms in total. The van der Waals surface area contributed by atoms with Gasteiger partial charge < -0.3 is 19.7 Å². The summed E-state index contributed by atoms with van der Waals surface area (Å²) in [6.07, 6.45) is 3.59. The van der Waals surface area contributed by atoms with Gasteiger partial charge in [0.1, 0.15) is 5.75 Å². The first-order valence-electron chi connectivity index (χ1n) is 6.90. The van der Waals surface area contributed by atoms with Gasteiger partial charge in [0, 0.05) is 5.56 Å². The third-order valence-corrected chi connectivity index (χ3v) is 3.68. The largest absolute Gasteiger partial charge is 0.504 e. The van der Waals surface area contributed by atoms with Gasteiger partial charge in [-0.3, -0.25) is 0 Å². The molecule has 4 heteroatoms. The van der Waals surface area contributed by atoms with E-state index in [0.29, 0.717) is 5.56 Å². The van der Waals surface area contributed by atoms with Crippen molar-refractivity contribution in [2.24, 2.45) is 0 Å². The van der Waals surface area contributed by atoms with Crippen LogP contribution in [0.4, 0.5) is 0 Å². The van der Waals surface area contributed by atoms with Gasteiger partial charge in [0.05, 0.1) is 14.2 Å². The third-order valence-electron chi connectivity index (χ3n) is 3.68. The van der Waals surface area contributed by atoms with Gasteiger partial charge in [0.15, 0.2) is 11.5 Å². The number of hydrogen-bond acceptors (Lipinski definition) is 4. The maximum Gasteiger partial charge on any atom is 0.201 e. The highest BCUT2D eigenvalue weighted by Gasteiger charge is 2.10. The molecule has 116 valence electrons. The van der Waals surface area contributed by atoms with E-state index in [-0.39, 0.29) is 17.2 Å². The predicted octanol–water partition coefficient (Wildman–Crippen LogP) is 3.90. The Bertz CT molecular complexity index is 718. The van der Waals surface area contributed by atoms with Crippen molar-refractivity contribution in [1.29, 1.82) is 0 Å². The minimum atomic E-state index is -0.262. The molecular weight excluding hydrogens is 280 g/mol. The first-order chi connectivity index (χ1) is 10.5. The number of phenolic OH excluding ortho intramolecular Hbond substituents is 2. The van der Waals surface area contributed by atoms with E-state index >= 15 is 0 Å². The van der Waals surface area contributed by atoms with E-state index in [2.05, 4.69) is 0 Å². The molecule has 22 heavy (non-hydrogen) atoms. The minimum Gasteiger partial charge on any atom is -0.504 e. The SMILES string of the molecule is COc1cc(/C=C\c2ccc(OC)c(O)c2O)cc(C)c1C. The molecule has 0 aliphatic heterocycles. The first kappa shape index (κ1) is 15.8. The molecule has 0 bridgehead atoms. The molecule has 2 aromatic rings. The molecule has 0 amide bonds. The van der Waals surface area contributed by atoms with Crippen molar-refractivity contribution < 1.29 is 19.7 Å². The van der Waals surface area contributed by atoms with E-state index in [9.17, 15) is 10.2 Å². The topological polar surface area (TPSA) is 58.9 Å². The van der Waals surface area contributed by atoms with Crippen LogP contribution in [0.1, 0.15) is 22.3 Å². The van der Waals surface area contributed by atoms with Crippen LogP contribution in [-0.4, -0.2) is 24.4 Å². The van der Waals surface area contributed by atoms with Gasteiger partial charge in [-0.2, -0.15) is 0 Å². The summed E-state index contributed by atoms with van der Waals surface area (Å²) in [5.41, 5.74) is 3.69. The molecule has 2 aromatic carbocycles. The lowest BCUT2D eigenvalue weighted by molar-refractivity contribution is 0.350. The quantitative estimate of drug-likeness (QED) is 0.664. The lowest BCUT2D eigenvalue weighted by atomic mass is 10.0. The number of benzene rings is 2. The first-order valence-corrected chi connectivity index (χ1v) is 6.90. The number of phenols is 2. The maximum absolute atomic E-state index is 9.98. The summed E-state index contributed by atoms with van der Waals surface area (Å²) in [6, 6.07) is 7.26. The standard InChI is InChI=1S/C18H20O4/c1-11-9-13(10-16(22-4)12(11)2)5-6-14-7-8-15(21-3)18(20)17(14)19/h5-10,19-20H,1-4H3/b6-5-. The average molecular weight is 300 g/mol. The van der Waals surface area contributed by atoms with Crippen molar-refractivity contribution in [3.63, 3.8) is 0 Å². The van der Waals surface area contributed by atoms with Crippen molar-refractivity contribution >= 4 is 12.2 Å². The highest BCUT2D eigenvalue weighted by molar-refractivity contribution is 5.76. The fourth-order valence-electron chi connectivity index (χ4n) is 2.22. The Kier molecular flexibility index (Phi) is 4.61.